The van der Waals surface area contributed by atoms with Crippen molar-refractivity contribution in [2.75, 3.05) is 23.3 Å². The molecule has 25 heavy (non-hydrogen) atoms. The summed E-state index contributed by atoms with van der Waals surface area (Å²) in [4.78, 5) is 26.5. The molecule has 1 aromatic carbocycles. The molecule has 0 saturated heterocycles. The van der Waals surface area contributed by atoms with Crippen molar-refractivity contribution in [1.82, 2.24) is 15.5 Å². The van der Waals surface area contributed by atoms with E-state index in [1.54, 1.807) is 4.90 Å². The molecule has 0 spiro atoms. The lowest BCUT2D eigenvalue weighted by atomic mass is 10.1. The van der Waals surface area contributed by atoms with Crippen molar-refractivity contribution in [3.05, 3.63) is 40.7 Å². The third kappa shape index (κ3) is 2.75. The van der Waals surface area contributed by atoms with E-state index < -0.39 is 0 Å². The van der Waals surface area contributed by atoms with Crippen molar-refractivity contribution in [1.29, 1.82) is 0 Å². The Bertz CT molecular complexity index is 842. The normalized spacial score (nSPS) is 15.0. The first-order chi connectivity index (χ1) is 12.2. The topological polar surface area (TPSA) is 90.1 Å². The van der Waals surface area contributed by atoms with E-state index in [0.717, 1.165) is 48.2 Å². The number of hydrogen-bond acceptors (Lipinski definition) is 3. The Labute approximate surface area is 145 Å². The molecule has 2 aromatic rings. The minimum atomic E-state index is -0.207. The van der Waals surface area contributed by atoms with E-state index in [2.05, 4.69) is 20.8 Å². The molecule has 0 unspecified atom stereocenters. The van der Waals surface area contributed by atoms with E-state index >= 15 is 0 Å². The van der Waals surface area contributed by atoms with E-state index in [4.69, 9.17) is 0 Å². The summed E-state index contributed by atoms with van der Waals surface area (Å²) in [5.74, 6) is -0.207. The van der Waals surface area contributed by atoms with Crippen LogP contribution in [0.15, 0.2) is 18.2 Å². The van der Waals surface area contributed by atoms with Crippen LogP contribution in [-0.4, -0.2) is 35.2 Å². The van der Waals surface area contributed by atoms with Gasteiger partial charge in [-0.15, -0.1) is 0 Å². The second-order valence-corrected chi connectivity index (χ2v) is 6.42. The number of aromatic amines is 1. The van der Waals surface area contributed by atoms with Crippen LogP contribution >= 0.6 is 0 Å². The maximum atomic E-state index is 12.6. The maximum Gasteiger partial charge on any atom is 0.321 e. The zero-order valence-electron chi connectivity index (χ0n) is 14.2. The second-order valence-electron chi connectivity index (χ2n) is 6.42. The number of anilines is 2. The van der Waals surface area contributed by atoms with Crippen molar-refractivity contribution in [2.24, 2.45) is 0 Å². The highest BCUT2D eigenvalue weighted by Crippen LogP contribution is 2.31. The third-order valence-corrected chi connectivity index (χ3v) is 4.83. The Hall–Kier alpha value is -2.83. The van der Waals surface area contributed by atoms with Crippen molar-refractivity contribution < 1.29 is 9.59 Å². The summed E-state index contributed by atoms with van der Waals surface area (Å²) in [6.07, 6.45) is 3.73. The maximum absolute atomic E-state index is 12.6. The highest BCUT2D eigenvalue weighted by Gasteiger charge is 2.26. The van der Waals surface area contributed by atoms with Gasteiger partial charge in [-0.25, -0.2) is 4.79 Å². The number of urea groups is 1. The average molecular weight is 339 g/mol. The fourth-order valence-corrected chi connectivity index (χ4v) is 3.61. The monoisotopic (exact) mass is 339 g/mol. The van der Waals surface area contributed by atoms with Gasteiger partial charge in [0.1, 0.15) is 0 Å². The summed E-state index contributed by atoms with van der Waals surface area (Å²) in [6.45, 7) is 3.14. The van der Waals surface area contributed by atoms with Gasteiger partial charge in [-0.2, -0.15) is 5.10 Å². The number of hydrogen-bond donors (Lipinski definition) is 3. The van der Waals surface area contributed by atoms with Gasteiger partial charge in [0, 0.05) is 30.0 Å². The van der Waals surface area contributed by atoms with Crippen LogP contribution in [0.5, 0.6) is 0 Å². The molecule has 7 nitrogen and oxygen atoms in total. The molecular weight excluding hydrogens is 318 g/mol. The summed E-state index contributed by atoms with van der Waals surface area (Å²) in [6, 6.07) is 5.61. The molecule has 0 fully saturated rings. The van der Waals surface area contributed by atoms with E-state index in [1.807, 2.05) is 25.1 Å². The van der Waals surface area contributed by atoms with Crippen molar-refractivity contribution in [3.63, 3.8) is 0 Å². The van der Waals surface area contributed by atoms with Gasteiger partial charge in [-0.1, -0.05) is 6.07 Å². The quantitative estimate of drug-likeness (QED) is 0.801. The number of amides is 3. The molecule has 1 aliphatic carbocycles. The van der Waals surface area contributed by atoms with Gasteiger partial charge in [0.2, 0.25) is 0 Å². The van der Waals surface area contributed by atoms with Crippen molar-refractivity contribution >= 4 is 23.3 Å². The Kier molecular flexibility index (Phi) is 3.91. The molecule has 3 amide bonds. The van der Waals surface area contributed by atoms with Gasteiger partial charge >= 0.3 is 6.03 Å². The van der Waals surface area contributed by atoms with E-state index in [9.17, 15) is 9.59 Å². The number of carbonyl (C=O) groups is 2. The Morgan fingerprint density at radius 2 is 2.16 bits per heavy atom. The fourth-order valence-electron chi connectivity index (χ4n) is 3.61. The number of fused-ring (bicyclic) bond motifs is 2. The summed E-state index contributed by atoms with van der Waals surface area (Å²) in [7, 11) is 0. The molecule has 1 aromatic heterocycles. The van der Waals surface area contributed by atoms with Crippen LogP contribution in [0, 0.1) is 0 Å². The second kappa shape index (κ2) is 6.23. The number of aromatic nitrogens is 2. The zero-order chi connectivity index (χ0) is 17.4. The summed E-state index contributed by atoms with van der Waals surface area (Å²) < 4.78 is 0. The predicted octanol–water partition coefficient (Wildman–Crippen LogP) is 2.24. The average Bonchev–Trinajstić information content (AvgIpc) is 3.29. The molecule has 1 aliphatic heterocycles. The zero-order valence-corrected chi connectivity index (χ0v) is 14.2. The molecular formula is C18H21N5O2. The van der Waals surface area contributed by atoms with Gasteiger partial charge in [-0.3, -0.25) is 14.8 Å². The number of rotatable bonds is 3. The smallest absolute Gasteiger partial charge is 0.321 e. The Morgan fingerprint density at radius 1 is 1.28 bits per heavy atom. The van der Waals surface area contributed by atoms with Crippen LogP contribution in [0.25, 0.3) is 0 Å². The van der Waals surface area contributed by atoms with Crippen LogP contribution in [0.2, 0.25) is 0 Å². The number of H-pyrrole nitrogens is 1. The molecule has 2 heterocycles. The van der Waals surface area contributed by atoms with Crippen LogP contribution < -0.4 is 15.5 Å². The number of benzene rings is 1. The molecule has 7 heteroatoms. The Balaban J connectivity index is 1.55. The minimum absolute atomic E-state index is 0.102. The predicted molar refractivity (Wildman–Crippen MR) is 95.1 cm³/mol. The molecule has 130 valence electrons. The number of nitrogens with one attached hydrogen (secondary N) is 3. The first kappa shape index (κ1) is 15.7. The molecule has 0 saturated carbocycles. The van der Waals surface area contributed by atoms with Gasteiger partial charge in [0.05, 0.1) is 5.69 Å². The molecule has 0 bridgehead atoms. The summed E-state index contributed by atoms with van der Waals surface area (Å²) in [5, 5.41) is 12.9. The number of carbonyl (C=O) groups excluding carboxylic acids is 2. The van der Waals surface area contributed by atoms with Gasteiger partial charge in [-0.05, 0) is 50.3 Å². The minimum Gasteiger partial charge on any atom is -0.338 e. The highest BCUT2D eigenvalue weighted by atomic mass is 16.2. The lowest BCUT2D eigenvalue weighted by Gasteiger charge is -2.18. The SMILES string of the molecule is CCNC(=O)N1CCc2ccc(NC(=O)c3n[nH]c4c3CCC4)cc21. The standard InChI is InChI=1S/C18H21N5O2/c1-2-19-18(25)23-9-8-11-6-7-12(10-15(11)23)20-17(24)16-13-4-3-5-14(13)21-22-16/h6-7,10H,2-5,8-9H2,1H3,(H,19,25)(H,20,24)(H,21,22). The summed E-state index contributed by atoms with van der Waals surface area (Å²) in [5.41, 5.74) is 5.23. The molecule has 0 radical (unpaired) electrons. The van der Waals surface area contributed by atoms with E-state index in [1.165, 1.54) is 0 Å². The first-order valence-electron chi connectivity index (χ1n) is 8.73. The van der Waals surface area contributed by atoms with Crippen LogP contribution in [0.1, 0.15) is 40.7 Å². The Morgan fingerprint density at radius 3 is 3.00 bits per heavy atom. The molecule has 2 aliphatic rings. The van der Waals surface area contributed by atoms with Crippen LogP contribution in [0.4, 0.5) is 16.2 Å². The molecule has 3 N–H and O–H groups in total. The highest BCUT2D eigenvalue weighted by molar-refractivity contribution is 6.05. The molecule has 4 rings (SSSR count). The molecule has 0 atom stereocenters. The lowest BCUT2D eigenvalue weighted by Crippen LogP contribution is -2.38. The third-order valence-electron chi connectivity index (χ3n) is 4.83. The van der Waals surface area contributed by atoms with E-state index in [0.29, 0.717) is 24.5 Å². The first-order valence-corrected chi connectivity index (χ1v) is 8.73. The van der Waals surface area contributed by atoms with Crippen molar-refractivity contribution in [3.8, 4) is 0 Å². The van der Waals surface area contributed by atoms with Crippen LogP contribution in [-0.2, 0) is 19.3 Å². The van der Waals surface area contributed by atoms with Gasteiger partial charge < -0.3 is 10.6 Å². The largest absolute Gasteiger partial charge is 0.338 e. The fraction of sp³-hybridized carbons (Fsp3) is 0.389. The lowest BCUT2D eigenvalue weighted by molar-refractivity contribution is 0.102. The number of aryl methyl sites for hydroxylation is 1. The van der Waals surface area contributed by atoms with Crippen LogP contribution in [0.3, 0.4) is 0 Å². The van der Waals surface area contributed by atoms with E-state index in [-0.39, 0.29) is 11.9 Å². The van der Waals surface area contributed by atoms with Gasteiger partial charge in [0.15, 0.2) is 5.69 Å². The number of nitrogens with zero attached hydrogens (tertiary/aromatic N) is 2. The summed E-state index contributed by atoms with van der Waals surface area (Å²) >= 11 is 0. The van der Waals surface area contributed by atoms with Crippen molar-refractivity contribution in [2.45, 2.75) is 32.6 Å². The van der Waals surface area contributed by atoms with Gasteiger partial charge in [0.25, 0.3) is 5.91 Å².